The molecule has 2 amide bonds. The minimum atomic E-state index is -3.25. The summed E-state index contributed by atoms with van der Waals surface area (Å²) >= 11 is 0. The molecular formula is C18H23N5O4S. The average Bonchev–Trinajstić information content (AvgIpc) is 2.60. The zero-order chi connectivity index (χ0) is 20.3. The summed E-state index contributed by atoms with van der Waals surface area (Å²) in [4.78, 5) is 22.1. The van der Waals surface area contributed by atoms with Crippen LogP contribution in [0.15, 0.2) is 30.3 Å². The van der Waals surface area contributed by atoms with Gasteiger partial charge in [0.2, 0.25) is 0 Å². The van der Waals surface area contributed by atoms with Gasteiger partial charge >= 0.3 is 6.03 Å². The first kappa shape index (κ1) is 20.0. The van der Waals surface area contributed by atoms with E-state index in [1.807, 2.05) is 6.92 Å². The summed E-state index contributed by atoms with van der Waals surface area (Å²) < 4.78 is 29.1. The summed E-state index contributed by atoms with van der Waals surface area (Å²) in [7, 11) is -3.25. The number of benzene rings is 1. The second-order valence-corrected chi connectivity index (χ2v) is 8.94. The summed E-state index contributed by atoms with van der Waals surface area (Å²) in [6.45, 7) is 3.85. The topological polar surface area (TPSA) is 128 Å². The maximum Gasteiger partial charge on any atom is 0.316 e. The van der Waals surface area contributed by atoms with Crippen molar-refractivity contribution in [2.45, 2.75) is 18.7 Å². The molecule has 28 heavy (non-hydrogen) atoms. The van der Waals surface area contributed by atoms with Gasteiger partial charge in [0.1, 0.15) is 5.82 Å². The first-order valence-corrected chi connectivity index (χ1v) is 10.8. The molecule has 1 aromatic carbocycles. The molecule has 2 aromatic rings. The number of hydrogen-bond donors (Lipinski definition) is 2. The lowest BCUT2D eigenvalue weighted by atomic mass is 10.2. The van der Waals surface area contributed by atoms with Gasteiger partial charge in [-0.15, -0.1) is 0 Å². The van der Waals surface area contributed by atoms with Crippen LogP contribution in [-0.2, 0) is 20.3 Å². The van der Waals surface area contributed by atoms with Crippen LogP contribution in [0, 0.1) is 0 Å². The van der Waals surface area contributed by atoms with E-state index in [0.717, 1.165) is 0 Å². The second-order valence-electron chi connectivity index (χ2n) is 6.80. The van der Waals surface area contributed by atoms with Crippen molar-refractivity contribution in [1.29, 1.82) is 0 Å². The Hall–Kier alpha value is -2.72. The number of carbonyl (C=O) groups excluding carboxylic acids is 1. The largest absolute Gasteiger partial charge is 0.377 e. The van der Waals surface area contributed by atoms with Crippen LogP contribution in [0.25, 0.3) is 11.4 Å². The first-order chi connectivity index (χ1) is 13.2. The quantitative estimate of drug-likeness (QED) is 0.769. The number of amides is 2. The first-order valence-electron chi connectivity index (χ1n) is 8.78. The van der Waals surface area contributed by atoms with Crippen molar-refractivity contribution < 1.29 is 17.9 Å². The summed E-state index contributed by atoms with van der Waals surface area (Å²) in [6, 6.07) is 8.05. The zero-order valence-corrected chi connectivity index (χ0v) is 16.6. The Balaban J connectivity index is 2.00. The smallest absolute Gasteiger partial charge is 0.316 e. The van der Waals surface area contributed by atoms with Crippen LogP contribution in [0.4, 0.5) is 16.3 Å². The number of hydrogen-bond acceptors (Lipinski definition) is 7. The van der Waals surface area contributed by atoms with E-state index in [4.69, 9.17) is 10.5 Å². The molecule has 0 aliphatic carbocycles. The number of aromatic nitrogens is 2. The summed E-state index contributed by atoms with van der Waals surface area (Å²) in [5.41, 5.74) is 6.80. The van der Waals surface area contributed by atoms with E-state index >= 15 is 0 Å². The van der Waals surface area contributed by atoms with Gasteiger partial charge < -0.3 is 20.7 Å². The number of urea groups is 1. The standard InChI is InChI=1S/C18H23N5O4S/c1-12-10-27-8-7-23(12)16-9-15(11-28(2,25)26)20-17(22-16)13-3-5-14(6-4-13)21-18(19)24/h3-6,9,12H,7-8,10-11H2,1-2H3,(H3,19,21,24)/t12-/m0/s1. The van der Waals surface area contributed by atoms with Crippen molar-refractivity contribution in [2.24, 2.45) is 5.73 Å². The number of anilines is 2. The van der Waals surface area contributed by atoms with Gasteiger partial charge in [0.25, 0.3) is 0 Å². The van der Waals surface area contributed by atoms with Crippen molar-refractivity contribution in [2.75, 3.05) is 36.2 Å². The Morgan fingerprint density at radius 3 is 2.64 bits per heavy atom. The molecule has 150 valence electrons. The third-order valence-corrected chi connectivity index (χ3v) is 5.07. The fraction of sp³-hybridized carbons (Fsp3) is 0.389. The molecule has 1 saturated heterocycles. The predicted octanol–water partition coefficient (Wildman–Crippen LogP) is 1.40. The number of rotatable bonds is 5. The van der Waals surface area contributed by atoms with Crippen LogP contribution in [-0.4, -0.2) is 56.5 Å². The molecule has 0 unspecified atom stereocenters. The van der Waals surface area contributed by atoms with Crippen molar-refractivity contribution in [3.05, 3.63) is 36.0 Å². The molecule has 1 aromatic heterocycles. The van der Waals surface area contributed by atoms with Gasteiger partial charge in [-0.3, -0.25) is 0 Å². The van der Waals surface area contributed by atoms with Crippen molar-refractivity contribution in [3.8, 4) is 11.4 Å². The number of sulfone groups is 1. The molecule has 0 spiro atoms. The lowest BCUT2D eigenvalue weighted by molar-refractivity contribution is 0.0985. The van der Waals surface area contributed by atoms with E-state index in [1.54, 1.807) is 30.3 Å². The van der Waals surface area contributed by atoms with Gasteiger partial charge in [-0.2, -0.15) is 0 Å². The SMILES string of the molecule is C[C@H]1COCCN1c1cc(CS(C)(=O)=O)nc(-c2ccc(NC(N)=O)cc2)n1. The van der Waals surface area contributed by atoms with Crippen LogP contribution in [0.1, 0.15) is 12.6 Å². The van der Waals surface area contributed by atoms with Gasteiger partial charge in [0.15, 0.2) is 15.7 Å². The maximum absolute atomic E-state index is 11.8. The molecule has 1 atom stereocenters. The van der Waals surface area contributed by atoms with E-state index in [0.29, 0.717) is 48.3 Å². The highest BCUT2D eigenvalue weighted by Crippen LogP contribution is 2.25. The molecular weight excluding hydrogens is 382 g/mol. The number of nitrogens with two attached hydrogens (primary N) is 1. The minimum absolute atomic E-state index is 0.115. The highest BCUT2D eigenvalue weighted by molar-refractivity contribution is 7.89. The van der Waals surface area contributed by atoms with Crippen LogP contribution < -0.4 is 16.0 Å². The van der Waals surface area contributed by atoms with Gasteiger partial charge in [0.05, 0.1) is 30.7 Å². The number of ether oxygens (including phenoxy) is 1. The third-order valence-electron chi connectivity index (χ3n) is 4.25. The van der Waals surface area contributed by atoms with Gasteiger partial charge in [0, 0.05) is 30.1 Å². The van der Waals surface area contributed by atoms with Crippen molar-refractivity contribution in [1.82, 2.24) is 9.97 Å². The molecule has 9 nitrogen and oxygen atoms in total. The van der Waals surface area contributed by atoms with Gasteiger partial charge in [-0.25, -0.2) is 23.2 Å². The Morgan fingerprint density at radius 1 is 1.32 bits per heavy atom. The lowest BCUT2D eigenvalue weighted by Gasteiger charge is -2.34. The van der Waals surface area contributed by atoms with E-state index in [-0.39, 0.29) is 11.8 Å². The Labute approximate surface area is 163 Å². The Bertz CT molecular complexity index is 962. The van der Waals surface area contributed by atoms with E-state index < -0.39 is 15.9 Å². The van der Waals surface area contributed by atoms with Crippen LogP contribution in [0.5, 0.6) is 0 Å². The predicted molar refractivity (Wildman–Crippen MR) is 107 cm³/mol. The summed E-state index contributed by atoms with van der Waals surface area (Å²) in [5.74, 6) is 0.912. The van der Waals surface area contributed by atoms with Gasteiger partial charge in [-0.05, 0) is 31.2 Å². The highest BCUT2D eigenvalue weighted by atomic mass is 32.2. The molecule has 0 radical (unpaired) electrons. The molecule has 1 aliphatic rings. The Morgan fingerprint density at radius 2 is 2.04 bits per heavy atom. The molecule has 10 heteroatoms. The van der Waals surface area contributed by atoms with Crippen molar-refractivity contribution >= 4 is 27.4 Å². The minimum Gasteiger partial charge on any atom is -0.377 e. The van der Waals surface area contributed by atoms with Crippen LogP contribution in [0.2, 0.25) is 0 Å². The normalized spacial score (nSPS) is 17.4. The van der Waals surface area contributed by atoms with Crippen LogP contribution >= 0.6 is 0 Å². The van der Waals surface area contributed by atoms with E-state index in [1.165, 1.54) is 6.26 Å². The fourth-order valence-corrected chi connectivity index (χ4v) is 3.70. The third kappa shape index (κ3) is 5.17. The fourth-order valence-electron chi connectivity index (χ4n) is 3.01. The molecule has 2 heterocycles. The molecule has 0 saturated carbocycles. The number of carbonyl (C=O) groups is 1. The molecule has 1 fully saturated rings. The monoisotopic (exact) mass is 405 g/mol. The molecule has 3 N–H and O–H groups in total. The summed E-state index contributed by atoms with van der Waals surface area (Å²) in [6.07, 6.45) is 1.18. The van der Waals surface area contributed by atoms with E-state index in [2.05, 4.69) is 20.2 Å². The number of nitrogens with one attached hydrogen (secondary N) is 1. The zero-order valence-electron chi connectivity index (χ0n) is 15.8. The molecule has 0 bridgehead atoms. The maximum atomic E-state index is 11.8. The number of primary amides is 1. The average molecular weight is 405 g/mol. The lowest BCUT2D eigenvalue weighted by Crippen LogP contribution is -2.44. The number of nitrogens with zero attached hydrogens (tertiary/aromatic N) is 3. The Kier molecular flexibility index (Phi) is 5.80. The second kappa shape index (κ2) is 8.11. The van der Waals surface area contributed by atoms with Crippen LogP contribution in [0.3, 0.4) is 0 Å². The number of morpholine rings is 1. The summed E-state index contributed by atoms with van der Waals surface area (Å²) in [5, 5.41) is 2.49. The van der Waals surface area contributed by atoms with Crippen molar-refractivity contribution in [3.63, 3.8) is 0 Å². The van der Waals surface area contributed by atoms with Gasteiger partial charge in [-0.1, -0.05) is 0 Å². The molecule has 3 rings (SSSR count). The van der Waals surface area contributed by atoms with E-state index in [9.17, 15) is 13.2 Å². The highest BCUT2D eigenvalue weighted by Gasteiger charge is 2.22. The molecule has 1 aliphatic heterocycles.